The van der Waals surface area contributed by atoms with E-state index in [-0.39, 0.29) is 18.2 Å². The molecule has 0 saturated carbocycles. The largest absolute Gasteiger partial charge is 0.491 e. The van der Waals surface area contributed by atoms with Crippen molar-refractivity contribution in [1.29, 1.82) is 0 Å². The summed E-state index contributed by atoms with van der Waals surface area (Å²) in [5.41, 5.74) is 6.52. The molecule has 0 atom stereocenters. The van der Waals surface area contributed by atoms with E-state index in [0.717, 1.165) is 6.26 Å². The molecule has 2 N–H and O–H groups in total. The van der Waals surface area contributed by atoms with Gasteiger partial charge in [-0.25, -0.2) is 8.42 Å². The summed E-state index contributed by atoms with van der Waals surface area (Å²) in [4.78, 5) is 13.7. The van der Waals surface area contributed by atoms with Crippen LogP contribution in [0.1, 0.15) is 17.3 Å². The number of sulfone groups is 1. The second-order valence-electron chi connectivity index (χ2n) is 4.51. The van der Waals surface area contributed by atoms with Crippen LogP contribution in [0.15, 0.2) is 18.2 Å². The third kappa shape index (κ3) is 4.41. The molecule has 1 aromatic carbocycles. The molecular weight excluding hydrogens is 280 g/mol. The van der Waals surface area contributed by atoms with E-state index < -0.39 is 9.84 Å². The van der Waals surface area contributed by atoms with E-state index in [1.165, 1.54) is 4.90 Å². The quantitative estimate of drug-likeness (QED) is 0.784. The van der Waals surface area contributed by atoms with Crippen LogP contribution >= 0.6 is 0 Å². The summed E-state index contributed by atoms with van der Waals surface area (Å²) in [7, 11) is -1.57. The maximum atomic E-state index is 12.3. The van der Waals surface area contributed by atoms with Gasteiger partial charge in [0.1, 0.15) is 9.84 Å². The van der Waals surface area contributed by atoms with Gasteiger partial charge in [0.15, 0.2) is 5.75 Å². The minimum atomic E-state index is -3.11. The summed E-state index contributed by atoms with van der Waals surface area (Å²) in [6.07, 6.45) is 1.14. The monoisotopic (exact) mass is 300 g/mol. The molecule has 0 aliphatic heterocycles. The average Bonchev–Trinajstić information content (AvgIpc) is 2.37. The number of amides is 1. The van der Waals surface area contributed by atoms with Crippen molar-refractivity contribution in [2.24, 2.45) is 0 Å². The number of nitrogens with two attached hydrogens (primary N) is 1. The van der Waals surface area contributed by atoms with E-state index in [1.54, 1.807) is 32.2 Å². The first-order valence-corrected chi connectivity index (χ1v) is 8.26. The Kier molecular flexibility index (Phi) is 5.38. The standard InChI is InChI=1S/C13H20N2O4S/c1-4-19-12-10(6-5-7-11(12)14)13(16)15(2)8-9-20(3,17)18/h5-7H,4,8-9,14H2,1-3H3. The molecule has 0 heterocycles. The van der Waals surface area contributed by atoms with Crippen molar-refractivity contribution in [3.8, 4) is 5.75 Å². The van der Waals surface area contributed by atoms with Crippen LogP contribution < -0.4 is 10.5 Å². The van der Waals surface area contributed by atoms with Crippen molar-refractivity contribution in [3.05, 3.63) is 23.8 Å². The highest BCUT2D eigenvalue weighted by atomic mass is 32.2. The molecule has 0 spiro atoms. The number of para-hydroxylation sites is 1. The number of carbonyl (C=O) groups excluding carboxylic acids is 1. The molecule has 0 bridgehead atoms. The van der Waals surface area contributed by atoms with E-state index in [2.05, 4.69) is 0 Å². The van der Waals surface area contributed by atoms with Crippen molar-refractivity contribution in [1.82, 2.24) is 4.90 Å². The van der Waals surface area contributed by atoms with E-state index in [9.17, 15) is 13.2 Å². The van der Waals surface area contributed by atoms with Gasteiger partial charge in [-0.1, -0.05) is 6.07 Å². The molecule has 112 valence electrons. The fraction of sp³-hybridized carbons (Fsp3) is 0.462. The minimum Gasteiger partial charge on any atom is -0.491 e. The Morgan fingerprint density at radius 1 is 1.40 bits per heavy atom. The van der Waals surface area contributed by atoms with Gasteiger partial charge in [0, 0.05) is 19.8 Å². The van der Waals surface area contributed by atoms with E-state index in [0.29, 0.717) is 23.6 Å². The second kappa shape index (κ2) is 6.60. The highest BCUT2D eigenvalue weighted by Gasteiger charge is 2.19. The van der Waals surface area contributed by atoms with E-state index in [1.807, 2.05) is 0 Å². The number of hydrogen-bond acceptors (Lipinski definition) is 5. The zero-order valence-corrected chi connectivity index (χ0v) is 12.7. The predicted octanol–water partition coefficient (Wildman–Crippen LogP) is 0.784. The van der Waals surface area contributed by atoms with Gasteiger partial charge in [0.05, 0.1) is 23.6 Å². The molecule has 0 radical (unpaired) electrons. The molecular formula is C13H20N2O4S. The molecule has 1 aromatic rings. The summed E-state index contributed by atoms with van der Waals surface area (Å²) in [6.45, 7) is 2.31. The number of nitrogen functional groups attached to an aromatic ring is 1. The van der Waals surface area contributed by atoms with Gasteiger partial charge in [0.2, 0.25) is 0 Å². The molecule has 1 amide bonds. The van der Waals surface area contributed by atoms with Gasteiger partial charge in [0.25, 0.3) is 5.91 Å². The number of carbonyl (C=O) groups is 1. The first-order chi connectivity index (χ1) is 9.26. The third-order valence-corrected chi connectivity index (χ3v) is 3.63. The number of anilines is 1. The highest BCUT2D eigenvalue weighted by Crippen LogP contribution is 2.27. The smallest absolute Gasteiger partial charge is 0.257 e. The Labute approximate surface area is 119 Å². The van der Waals surface area contributed by atoms with Crippen LogP contribution in [-0.4, -0.2) is 51.4 Å². The molecule has 1 rings (SSSR count). The van der Waals surface area contributed by atoms with Crippen LogP contribution in [0.2, 0.25) is 0 Å². The topological polar surface area (TPSA) is 89.7 Å². The number of rotatable bonds is 6. The normalized spacial score (nSPS) is 11.2. The zero-order chi connectivity index (χ0) is 15.3. The predicted molar refractivity (Wildman–Crippen MR) is 78.7 cm³/mol. The van der Waals surface area contributed by atoms with Crippen molar-refractivity contribution < 1.29 is 17.9 Å². The number of benzene rings is 1. The van der Waals surface area contributed by atoms with Crippen LogP contribution in [-0.2, 0) is 9.84 Å². The molecule has 7 heteroatoms. The van der Waals surface area contributed by atoms with Gasteiger partial charge >= 0.3 is 0 Å². The summed E-state index contributed by atoms with van der Waals surface area (Å²) in [6, 6.07) is 4.92. The van der Waals surface area contributed by atoms with Gasteiger partial charge in [-0.3, -0.25) is 4.79 Å². The highest BCUT2D eigenvalue weighted by molar-refractivity contribution is 7.90. The molecule has 0 aromatic heterocycles. The Morgan fingerprint density at radius 2 is 2.05 bits per heavy atom. The molecule has 0 fully saturated rings. The second-order valence-corrected chi connectivity index (χ2v) is 6.77. The van der Waals surface area contributed by atoms with Crippen molar-refractivity contribution in [3.63, 3.8) is 0 Å². The Hall–Kier alpha value is -1.76. The minimum absolute atomic E-state index is 0.0818. The SMILES string of the molecule is CCOc1c(N)cccc1C(=O)N(C)CCS(C)(=O)=O. The molecule has 20 heavy (non-hydrogen) atoms. The summed E-state index contributed by atoms with van der Waals surface area (Å²) in [5.74, 6) is -0.0581. The van der Waals surface area contributed by atoms with Crippen LogP contribution in [0.4, 0.5) is 5.69 Å². The van der Waals surface area contributed by atoms with Crippen molar-refractivity contribution >= 4 is 21.4 Å². The summed E-state index contributed by atoms with van der Waals surface area (Å²) < 4.78 is 27.7. The number of nitrogens with zero attached hydrogens (tertiary/aromatic N) is 1. The van der Waals surface area contributed by atoms with Crippen LogP contribution in [0.25, 0.3) is 0 Å². The molecule has 0 unspecified atom stereocenters. The van der Waals surface area contributed by atoms with Gasteiger partial charge in [-0.2, -0.15) is 0 Å². The maximum Gasteiger partial charge on any atom is 0.257 e. The zero-order valence-electron chi connectivity index (χ0n) is 11.9. The Morgan fingerprint density at radius 3 is 2.60 bits per heavy atom. The third-order valence-electron chi connectivity index (χ3n) is 2.71. The van der Waals surface area contributed by atoms with E-state index >= 15 is 0 Å². The first kappa shape index (κ1) is 16.3. The maximum absolute atomic E-state index is 12.3. The molecule has 6 nitrogen and oxygen atoms in total. The first-order valence-electron chi connectivity index (χ1n) is 6.20. The van der Waals surface area contributed by atoms with Crippen LogP contribution in [0, 0.1) is 0 Å². The summed E-state index contributed by atoms with van der Waals surface area (Å²) >= 11 is 0. The lowest BCUT2D eigenvalue weighted by Crippen LogP contribution is -2.31. The molecule has 0 aliphatic carbocycles. The van der Waals surface area contributed by atoms with Gasteiger partial charge in [-0.05, 0) is 19.1 Å². The number of hydrogen-bond donors (Lipinski definition) is 1. The van der Waals surface area contributed by atoms with Gasteiger partial charge < -0.3 is 15.4 Å². The lowest BCUT2D eigenvalue weighted by atomic mass is 10.1. The Bertz CT molecular complexity index is 584. The van der Waals surface area contributed by atoms with Gasteiger partial charge in [-0.15, -0.1) is 0 Å². The summed E-state index contributed by atoms with van der Waals surface area (Å²) in [5, 5.41) is 0. The van der Waals surface area contributed by atoms with Crippen LogP contribution in [0.5, 0.6) is 5.75 Å². The fourth-order valence-electron chi connectivity index (χ4n) is 1.64. The molecule has 0 aliphatic rings. The van der Waals surface area contributed by atoms with Crippen molar-refractivity contribution in [2.45, 2.75) is 6.92 Å². The van der Waals surface area contributed by atoms with Crippen molar-refractivity contribution in [2.75, 3.05) is 37.9 Å². The molecule has 0 saturated heterocycles. The average molecular weight is 300 g/mol. The lowest BCUT2D eigenvalue weighted by molar-refractivity contribution is 0.0799. The fourth-order valence-corrected chi connectivity index (χ4v) is 2.24. The lowest BCUT2D eigenvalue weighted by Gasteiger charge is -2.19. The Balaban J connectivity index is 2.94. The van der Waals surface area contributed by atoms with E-state index in [4.69, 9.17) is 10.5 Å². The number of ether oxygens (including phenoxy) is 1. The van der Waals surface area contributed by atoms with Crippen LogP contribution in [0.3, 0.4) is 0 Å².